The molecule has 1 unspecified atom stereocenters. The average Bonchev–Trinajstić information content (AvgIpc) is 3.52. The highest BCUT2D eigenvalue weighted by Gasteiger charge is 2.41. The van der Waals surface area contributed by atoms with E-state index in [2.05, 4.69) is 52.8 Å². The van der Waals surface area contributed by atoms with E-state index in [1.165, 1.54) is 16.7 Å². The first-order valence-electron chi connectivity index (χ1n) is 11.9. The molecule has 1 atom stereocenters. The fraction of sp³-hybridized carbons (Fsp3) is 0.167. The number of hydrogen-bond donors (Lipinski definition) is 0. The van der Waals surface area contributed by atoms with Crippen LogP contribution in [-0.2, 0) is 0 Å². The van der Waals surface area contributed by atoms with Crippen molar-refractivity contribution < 1.29 is 9.47 Å². The number of nitrogens with zero attached hydrogens (tertiary/aromatic N) is 2. The summed E-state index contributed by atoms with van der Waals surface area (Å²) in [5.41, 5.74) is 8.41. The minimum Gasteiger partial charge on any atom is -0.497 e. The van der Waals surface area contributed by atoms with Crippen LogP contribution in [0.2, 0.25) is 5.02 Å². The molecule has 3 aromatic rings. The number of rotatable bonds is 5. The van der Waals surface area contributed by atoms with Gasteiger partial charge in [-0.3, -0.25) is 0 Å². The van der Waals surface area contributed by atoms with Crippen LogP contribution in [0.1, 0.15) is 35.6 Å². The van der Waals surface area contributed by atoms with Crippen molar-refractivity contribution in [3.8, 4) is 11.5 Å². The first-order valence-corrected chi connectivity index (χ1v) is 13.1. The van der Waals surface area contributed by atoms with E-state index in [1.807, 2.05) is 36.4 Å². The molecule has 0 aromatic heterocycles. The Labute approximate surface area is 220 Å². The maximum atomic E-state index is 6.19. The summed E-state index contributed by atoms with van der Waals surface area (Å²) >= 11 is 7.87. The van der Waals surface area contributed by atoms with Gasteiger partial charge in [0.2, 0.25) is 0 Å². The third kappa shape index (κ3) is 4.12. The van der Waals surface area contributed by atoms with Crippen molar-refractivity contribution in [3.63, 3.8) is 0 Å². The monoisotopic (exact) mass is 512 g/mol. The Bertz CT molecular complexity index is 1420. The van der Waals surface area contributed by atoms with Gasteiger partial charge in [0.05, 0.1) is 31.7 Å². The molecule has 36 heavy (non-hydrogen) atoms. The third-order valence-electron chi connectivity index (χ3n) is 6.84. The molecule has 0 radical (unpaired) electrons. The molecule has 0 saturated heterocycles. The molecule has 2 heterocycles. The predicted octanol–water partition coefficient (Wildman–Crippen LogP) is 7.95. The Morgan fingerprint density at radius 1 is 0.889 bits per heavy atom. The van der Waals surface area contributed by atoms with Gasteiger partial charge in [0, 0.05) is 10.4 Å². The summed E-state index contributed by atoms with van der Waals surface area (Å²) in [6.07, 6.45) is 4.21. The molecule has 0 amide bonds. The Hall–Kier alpha value is -3.41. The van der Waals surface area contributed by atoms with Gasteiger partial charge in [0.25, 0.3) is 0 Å². The number of benzene rings is 3. The molecule has 4 nitrogen and oxygen atoms in total. The second-order valence-electron chi connectivity index (χ2n) is 8.88. The van der Waals surface area contributed by atoms with Crippen LogP contribution >= 0.6 is 23.4 Å². The molecule has 3 aliphatic rings. The lowest BCUT2D eigenvalue weighted by Gasteiger charge is -2.36. The molecule has 0 bridgehead atoms. The van der Waals surface area contributed by atoms with E-state index >= 15 is 0 Å². The van der Waals surface area contributed by atoms with Crippen molar-refractivity contribution in [2.75, 3.05) is 14.2 Å². The van der Waals surface area contributed by atoms with Gasteiger partial charge < -0.3 is 14.4 Å². The zero-order valence-corrected chi connectivity index (χ0v) is 21.6. The van der Waals surface area contributed by atoms with E-state index in [1.54, 1.807) is 26.0 Å². The van der Waals surface area contributed by atoms with E-state index in [0.29, 0.717) is 0 Å². The highest BCUT2D eigenvalue weighted by atomic mass is 35.5. The lowest BCUT2D eigenvalue weighted by molar-refractivity contribution is 0.413. The molecular weight excluding hydrogens is 488 g/mol. The van der Waals surface area contributed by atoms with Crippen LogP contribution in [0.4, 0.5) is 0 Å². The van der Waals surface area contributed by atoms with Crippen molar-refractivity contribution in [3.05, 3.63) is 117 Å². The highest BCUT2D eigenvalue weighted by molar-refractivity contribution is 8.16. The lowest BCUT2D eigenvalue weighted by Crippen LogP contribution is -2.32. The van der Waals surface area contributed by atoms with Gasteiger partial charge in [-0.1, -0.05) is 59.8 Å². The number of aliphatic imine (C=N–C) groups is 1. The number of amidine groups is 1. The second kappa shape index (κ2) is 9.57. The van der Waals surface area contributed by atoms with E-state index < -0.39 is 0 Å². The molecule has 0 N–H and O–H groups in total. The summed E-state index contributed by atoms with van der Waals surface area (Å²) in [5, 5.41) is 3.94. The molecule has 3 aromatic carbocycles. The van der Waals surface area contributed by atoms with Crippen LogP contribution in [0.5, 0.6) is 11.5 Å². The zero-order valence-electron chi connectivity index (χ0n) is 20.1. The summed E-state index contributed by atoms with van der Waals surface area (Å²) in [6, 6.07) is 24.7. The van der Waals surface area contributed by atoms with Gasteiger partial charge in [-0.25, -0.2) is 4.99 Å². The fourth-order valence-electron chi connectivity index (χ4n) is 5.03. The SMILES string of the molecule is COc1ccc(/C=C2\CCC3=C2N=C2SC=C(c4ccc(Cl)cc4)N2C3c2ccc(OC)cc2)cc1. The minimum atomic E-state index is 0.0668. The lowest BCUT2D eigenvalue weighted by atomic mass is 9.93. The minimum absolute atomic E-state index is 0.0668. The Kier molecular flexibility index (Phi) is 6.12. The maximum Gasteiger partial charge on any atom is 0.174 e. The first-order chi connectivity index (χ1) is 17.6. The van der Waals surface area contributed by atoms with E-state index in [4.69, 9.17) is 26.1 Å². The highest BCUT2D eigenvalue weighted by Crippen LogP contribution is 2.52. The van der Waals surface area contributed by atoms with Gasteiger partial charge in [0.1, 0.15) is 11.5 Å². The molecule has 0 spiro atoms. The normalized spacial score (nSPS) is 19.7. The number of allylic oxidation sites excluding steroid dienone is 1. The molecule has 6 heteroatoms. The van der Waals surface area contributed by atoms with Gasteiger partial charge in [-0.2, -0.15) is 0 Å². The van der Waals surface area contributed by atoms with E-state index in [-0.39, 0.29) is 6.04 Å². The van der Waals surface area contributed by atoms with Crippen LogP contribution in [0, 0.1) is 0 Å². The maximum absolute atomic E-state index is 6.19. The largest absolute Gasteiger partial charge is 0.497 e. The number of hydrogen-bond acceptors (Lipinski definition) is 5. The van der Waals surface area contributed by atoms with Crippen LogP contribution in [-0.4, -0.2) is 24.3 Å². The summed E-state index contributed by atoms with van der Waals surface area (Å²) < 4.78 is 10.8. The predicted molar refractivity (Wildman–Crippen MR) is 149 cm³/mol. The Balaban J connectivity index is 1.44. The standard InChI is InChI=1S/C30H25ClN2O2S/c1-34-24-12-3-19(4-13-24)17-22-9-16-26-28(22)32-30-33(29(26)21-7-14-25(35-2)15-8-21)27(18-36-30)20-5-10-23(31)11-6-20/h3-8,10-15,17-18,29H,9,16H2,1-2H3/b22-17+. The van der Waals surface area contributed by atoms with Crippen molar-refractivity contribution in [1.82, 2.24) is 4.90 Å². The Morgan fingerprint density at radius 3 is 2.22 bits per heavy atom. The molecule has 2 aliphatic heterocycles. The smallest absolute Gasteiger partial charge is 0.174 e. The topological polar surface area (TPSA) is 34.1 Å². The molecule has 0 saturated carbocycles. The summed E-state index contributed by atoms with van der Waals surface area (Å²) in [5.74, 6) is 1.72. The average molecular weight is 513 g/mol. The van der Waals surface area contributed by atoms with Crippen molar-refractivity contribution in [2.45, 2.75) is 18.9 Å². The molecular formula is C30H25ClN2O2S. The second-order valence-corrected chi connectivity index (χ2v) is 10.2. The molecule has 180 valence electrons. The quantitative estimate of drug-likeness (QED) is 0.347. The number of fused-ring (bicyclic) bond motifs is 1. The van der Waals surface area contributed by atoms with Crippen LogP contribution in [0.25, 0.3) is 11.8 Å². The van der Waals surface area contributed by atoms with Gasteiger partial charge in [0.15, 0.2) is 5.17 Å². The summed E-state index contributed by atoms with van der Waals surface area (Å²) in [4.78, 5) is 7.59. The Morgan fingerprint density at radius 2 is 1.56 bits per heavy atom. The zero-order chi connectivity index (χ0) is 24.6. The van der Waals surface area contributed by atoms with Gasteiger partial charge >= 0.3 is 0 Å². The van der Waals surface area contributed by atoms with E-state index in [0.717, 1.165) is 57.1 Å². The number of ether oxygens (including phenoxy) is 2. The summed E-state index contributed by atoms with van der Waals surface area (Å²) in [7, 11) is 3.39. The number of halogens is 1. The molecule has 1 aliphatic carbocycles. The third-order valence-corrected chi connectivity index (χ3v) is 7.93. The van der Waals surface area contributed by atoms with Gasteiger partial charge in [-0.15, -0.1) is 0 Å². The number of methoxy groups -OCH3 is 2. The van der Waals surface area contributed by atoms with E-state index in [9.17, 15) is 0 Å². The van der Waals surface area contributed by atoms with Crippen molar-refractivity contribution in [1.29, 1.82) is 0 Å². The fourth-order valence-corrected chi connectivity index (χ4v) is 6.09. The van der Waals surface area contributed by atoms with Crippen molar-refractivity contribution >= 4 is 40.3 Å². The molecule has 0 fully saturated rings. The number of thioether (sulfide) groups is 1. The van der Waals surface area contributed by atoms with Crippen LogP contribution in [0.15, 0.2) is 100 Å². The summed E-state index contributed by atoms with van der Waals surface area (Å²) in [6.45, 7) is 0. The van der Waals surface area contributed by atoms with Crippen LogP contribution < -0.4 is 9.47 Å². The molecule has 6 rings (SSSR count). The van der Waals surface area contributed by atoms with Crippen molar-refractivity contribution in [2.24, 2.45) is 4.99 Å². The first kappa shape index (κ1) is 23.0. The van der Waals surface area contributed by atoms with Gasteiger partial charge in [-0.05, 0) is 83.2 Å². The van der Waals surface area contributed by atoms with Crippen LogP contribution in [0.3, 0.4) is 0 Å².